The molecule has 0 saturated carbocycles. The summed E-state index contributed by atoms with van der Waals surface area (Å²) < 4.78 is 24.5. The quantitative estimate of drug-likeness (QED) is 0.764. The summed E-state index contributed by atoms with van der Waals surface area (Å²) in [5, 5.41) is 8.79. The molecular weight excluding hydrogens is 236 g/mol. The average molecular weight is 245 g/mol. The lowest BCUT2D eigenvalue weighted by molar-refractivity contribution is 0.596. The summed E-state index contributed by atoms with van der Waals surface area (Å²) in [6.07, 6.45) is 0. The van der Waals surface area contributed by atoms with Crippen LogP contribution in [0.15, 0.2) is 64.4 Å². The molecule has 0 aromatic heterocycles. The van der Waals surface area contributed by atoms with Gasteiger partial charge in [0.1, 0.15) is 0 Å². The number of hydrogen-bond acceptors (Lipinski definition) is 3. The fraction of sp³-hybridized carbons (Fsp3) is 0. The Morgan fingerprint density at radius 2 is 1.47 bits per heavy atom. The van der Waals surface area contributed by atoms with Crippen LogP contribution in [-0.2, 0) is 9.84 Å². The molecule has 0 atom stereocenters. The standard InChI is InChI=1S/C12H9N2O2S/c13-14-11-8-4-5-9-12(11)17(15,16)10-6-2-1-3-7-10/h1-9H/q+1. The monoisotopic (exact) mass is 245 g/mol. The van der Waals surface area contributed by atoms with E-state index in [0.29, 0.717) is 0 Å². The summed E-state index contributed by atoms with van der Waals surface area (Å²) in [6, 6.07) is 14.1. The SMILES string of the molecule is N#[N+]c1ccccc1S(=O)(=O)c1ccccc1. The van der Waals surface area contributed by atoms with E-state index in [1.165, 1.54) is 24.3 Å². The Morgan fingerprint density at radius 1 is 0.882 bits per heavy atom. The first-order valence-corrected chi connectivity index (χ1v) is 6.39. The van der Waals surface area contributed by atoms with E-state index in [0.717, 1.165) is 0 Å². The van der Waals surface area contributed by atoms with Crippen LogP contribution in [0.1, 0.15) is 0 Å². The molecule has 2 aromatic rings. The van der Waals surface area contributed by atoms with Crippen molar-refractivity contribution in [2.45, 2.75) is 9.79 Å². The first-order valence-electron chi connectivity index (χ1n) is 4.90. The third-order valence-electron chi connectivity index (χ3n) is 2.32. The predicted molar refractivity (Wildman–Crippen MR) is 63.1 cm³/mol. The second-order valence-corrected chi connectivity index (χ2v) is 5.30. The minimum atomic E-state index is -3.64. The normalized spacial score (nSPS) is 10.8. The van der Waals surface area contributed by atoms with Crippen molar-refractivity contribution in [2.24, 2.45) is 0 Å². The van der Waals surface area contributed by atoms with E-state index in [9.17, 15) is 8.42 Å². The van der Waals surface area contributed by atoms with E-state index in [-0.39, 0.29) is 15.5 Å². The van der Waals surface area contributed by atoms with E-state index in [1.807, 2.05) is 0 Å². The summed E-state index contributed by atoms with van der Waals surface area (Å²) in [7, 11) is -3.64. The third kappa shape index (κ3) is 2.03. The second-order valence-electron chi connectivity index (χ2n) is 3.38. The zero-order valence-electron chi connectivity index (χ0n) is 8.82. The van der Waals surface area contributed by atoms with Gasteiger partial charge < -0.3 is 0 Å². The van der Waals surface area contributed by atoms with Gasteiger partial charge in [-0.2, -0.15) is 0 Å². The molecule has 4 nitrogen and oxygen atoms in total. The van der Waals surface area contributed by atoms with Crippen molar-refractivity contribution in [3.8, 4) is 0 Å². The molecule has 0 aliphatic carbocycles. The predicted octanol–water partition coefficient (Wildman–Crippen LogP) is 3.00. The molecule has 2 rings (SSSR count). The zero-order valence-corrected chi connectivity index (χ0v) is 9.63. The fourth-order valence-electron chi connectivity index (χ4n) is 1.49. The summed E-state index contributed by atoms with van der Waals surface area (Å²) in [4.78, 5) is 3.15. The van der Waals surface area contributed by atoms with Gasteiger partial charge in [0, 0.05) is 6.07 Å². The Labute approximate surface area is 99.1 Å². The third-order valence-corrected chi connectivity index (χ3v) is 4.13. The van der Waals surface area contributed by atoms with E-state index in [1.54, 1.807) is 30.3 Å². The molecule has 17 heavy (non-hydrogen) atoms. The smallest absolute Gasteiger partial charge is 0.218 e. The maximum Gasteiger partial charge on any atom is 0.403 e. The highest BCUT2D eigenvalue weighted by Gasteiger charge is 2.26. The molecule has 0 amide bonds. The second kappa shape index (κ2) is 4.36. The van der Waals surface area contributed by atoms with Crippen molar-refractivity contribution in [1.82, 2.24) is 0 Å². The van der Waals surface area contributed by atoms with Gasteiger partial charge in [-0.25, -0.2) is 8.42 Å². The molecule has 0 unspecified atom stereocenters. The Balaban J connectivity index is 2.66. The highest BCUT2D eigenvalue weighted by atomic mass is 32.2. The molecule has 0 radical (unpaired) electrons. The molecule has 84 valence electrons. The van der Waals surface area contributed by atoms with Gasteiger partial charge in [0.15, 0.2) is 9.87 Å². The number of sulfone groups is 1. The molecule has 2 aromatic carbocycles. The van der Waals surface area contributed by atoms with Crippen LogP contribution in [0.25, 0.3) is 4.98 Å². The van der Waals surface area contributed by atoms with Crippen LogP contribution in [-0.4, -0.2) is 8.42 Å². The Hall–Kier alpha value is -2.19. The molecule has 0 fully saturated rings. The molecule has 0 N–H and O–H groups in total. The number of diazo groups is 1. The minimum absolute atomic E-state index is 0.00583. The van der Waals surface area contributed by atoms with E-state index in [2.05, 4.69) is 4.98 Å². The molecule has 0 heterocycles. The fourth-order valence-corrected chi connectivity index (χ4v) is 2.90. The van der Waals surface area contributed by atoms with E-state index in [4.69, 9.17) is 5.39 Å². The number of rotatable bonds is 2. The molecule has 0 bridgehead atoms. The van der Waals surface area contributed by atoms with Crippen molar-refractivity contribution in [2.75, 3.05) is 0 Å². The lowest BCUT2D eigenvalue weighted by atomic mass is 10.3. The van der Waals surface area contributed by atoms with Crippen molar-refractivity contribution in [3.63, 3.8) is 0 Å². The Kier molecular flexibility index (Phi) is 2.90. The Bertz CT molecular complexity index is 673. The molecule has 0 aliphatic rings. The van der Waals surface area contributed by atoms with Crippen molar-refractivity contribution in [1.29, 1.82) is 5.39 Å². The van der Waals surface area contributed by atoms with Crippen molar-refractivity contribution >= 4 is 15.5 Å². The van der Waals surface area contributed by atoms with Gasteiger partial charge in [-0.3, -0.25) is 0 Å². The van der Waals surface area contributed by atoms with Gasteiger partial charge in [-0.15, -0.1) is 0 Å². The van der Waals surface area contributed by atoms with Crippen LogP contribution in [0.4, 0.5) is 5.69 Å². The van der Waals surface area contributed by atoms with Crippen LogP contribution in [0, 0.1) is 5.39 Å². The van der Waals surface area contributed by atoms with Crippen LogP contribution in [0.2, 0.25) is 0 Å². The first kappa shape index (κ1) is 11.3. The maximum absolute atomic E-state index is 12.2. The molecule has 0 aliphatic heterocycles. The summed E-state index contributed by atoms with van der Waals surface area (Å²) >= 11 is 0. The summed E-state index contributed by atoms with van der Waals surface area (Å²) in [6.45, 7) is 0. The number of hydrogen-bond donors (Lipinski definition) is 0. The Morgan fingerprint density at radius 3 is 2.12 bits per heavy atom. The van der Waals surface area contributed by atoms with Crippen molar-refractivity contribution < 1.29 is 8.42 Å². The van der Waals surface area contributed by atoms with Crippen molar-refractivity contribution in [3.05, 3.63) is 59.6 Å². The lowest BCUT2D eigenvalue weighted by Crippen LogP contribution is -2.01. The lowest BCUT2D eigenvalue weighted by Gasteiger charge is -2.01. The zero-order chi connectivity index (χ0) is 12.3. The summed E-state index contributed by atoms with van der Waals surface area (Å²) in [5.41, 5.74) is 0.0383. The van der Waals surface area contributed by atoms with Gasteiger partial charge in [0.05, 0.1) is 4.90 Å². The van der Waals surface area contributed by atoms with E-state index < -0.39 is 9.84 Å². The topological polar surface area (TPSA) is 62.3 Å². The molecule has 0 spiro atoms. The van der Waals surface area contributed by atoms with Crippen LogP contribution in [0.3, 0.4) is 0 Å². The van der Waals surface area contributed by atoms with E-state index >= 15 is 0 Å². The summed E-state index contributed by atoms with van der Waals surface area (Å²) in [5.74, 6) is 0. The maximum atomic E-state index is 12.2. The number of nitrogens with zero attached hydrogens (tertiary/aromatic N) is 2. The van der Waals surface area contributed by atoms with Gasteiger partial charge in [0.25, 0.3) is 0 Å². The molecule has 0 saturated heterocycles. The highest BCUT2D eigenvalue weighted by Crippen LogP contribution is 2.29. The van der Waals surface area contributed by atoms with Crippen LogP contribution >= 0.6 is 0 Å². The van der Waals surface area contributed by atoms with Gasteiger partial charge >= 0.3 is 5.69 Å². The van der Waals surface area contributed by atoms with Gasteiger partial charge in [-0.05, 0) is 18.2 Å². The van der Waals surface area contributed by atoms with Gasteiger partial charge in [-0.1, -0.05) is 30.3 Å². The first-order chi connectivity index (χ1) is 8.16. The van der Waals surface area contributed by atoms with Crippen LogP contribution < -0.4 is 0 Å². The molecular formula is C12H9N2O2S+. The molecule has 5 heteroatoms. The highest BCUT2D eigenvalue weighted by molar-refractivity contribution is 7.91. The largest absolute Gasteiger partial charge is 0.403 e. The van der Waals surface area contributed by atoms with Gasteiger partial charge in [0.2, 0.25) is 15.2 Å². The average Bonchev–Trinajstić information content (AvgIpc) is 2.39. The van der Waals surface area contributed by atoms with Crippen LogP contribution in [0.5, 0.6) is 0 Å². The number of benzene rings is 2. The minimum Gasteiger partial charge on any atom is -0.218 e.